The van der Waals surface area contributed by atoms with Gasteiger partial charge in [0, 0.05) is 11.9 Å². The summed E-state index contributed by atoms with van der Waals surface area (Å²) >= 11 is 0. The molecule has 21 heavy (non-hydrogen) atoms. The number of carboxylic acid groups (broad SMARTS) is 2. The number of carbonyl (C=O) groups excluding carboxylic acids is 2. The van der Waals surface area contributed by atoms with E-state index >= 15 is 0 Å². The number of carboxylic acids is 2. The predicted octanol–water partition coefficient (Wildman–Crippen LogP) is 1.52. The number of hydrogen-bond acceptors (Lipinski definition) is 4. The summed E-state index contributed by atoms with van der Waals surface area (Å²) in [5.41, 5.74) is 0. The molecule has 0 aliphatic carbocycles. The van der Waals surface area contributed by atoms with Gasteiger partial charge in [0.15, 0.2) is 0 Å². The minimum Gasteiger partial charge on any atom is -0.550 e. The third-order valence-corrected chi connectivity index (χ3v) is 2.82. The number of hydrogen-bond donors (Lipinski definition) is 0. The quantitative estimate of drug-likeness (QED) is 0.394. The predicted molar refractivity (Wildman–Crippen MR) is 82.4 cm³/mol. The van der Waals surface area contributed by atoms with Crippen LogP contribution in [0.5, 0.6) is 0 Å². The van der Waals surface area contributed by atoms with Gasteiger partial charge in [0.2, 0.25) is 0 Å². The summed E-state index contributed by atoms with van der Waals surface area (Å²) in [7, 11) is 0. The molecule has 0 radical (unpaired) electrons. The van der Waals surface area contributed by atoms with Gasteiger partial charge in [0.05, 0.1) is 0 Å². The van der Waals surface area contributed by atoms with Crippen LogP contribution in [0.15, 0.2) is 0 Å². The molecule has 0 saturated heterocycles. The molecule has 0 aliphatic rings. The van der Waals surface area contributed by atoms with Crippen LogP contribution < -0.4 is 10.2 Å². The first-order valence-electron chi connectivity index (χ1n) is 7.65. The summed E-state index contributed by atoms with van der Waals surface area (Å²) in [6.07, 6.45) is 6.21. The molecule has 0 heterocycles. The molecule has 0 unspecified atom stereocenters. The van der Waals surface area contributed by atoms with Gasteiger partial charge in [-0.25, -0.2) is 0 Å². The summed E-state index contributed by atoms with van der Waals surface area (Å²) < 4.78 is 0. The van der Waals surface area contributed by atoms with Gasteiger partial charge in [0.1, 0.15) is 0 Å². The first-order valence-corrected chi connectivity index (χ1v) is 7.65. The molecule has 0 aromatic rings. The molecule has 0 bridgehead atoms. The van der Waals surface area contributed by atoms with E-state index in [1.165, 1.54) is 0 Å². The Kier molecular flexibility index (Phi) is 23.3. The van der Waals surface area contributed by atoms with E-state index < -0.39 is 11.9 Å². The van der Waals surface area contributed by atoms with Gasteiger partial charge in [-0.1, -0.05) is 53.4 Å². The van der Waals surface area contributed by atoms with E-state index in [1.54, 1.807) is 0 Å². The molecule has 0 N–H and O–H groups in total. The van der Waals surface area contributed by atoms with Crippen LogP contribution in [-0.2, 0) is 9.59 Å². The van der Waals surface area contributed by atoms with Crippen LogP contribution in [-0.4, -0.2) is 60.8 Å². The first kappa shape index (κ1) is 26.4. The van der Waals surface area contributed by atoms with E-state index in [0.29, 0.717) is 11.8 Å². The van der Waals surface area contributed by atoms with Crippen molar-refractivity contribution < 1.29 is 19.8 Å². The standard InChI is InChI=1S/2C8H16O2.Ba/c2*1-7(2)5-3-4-6-8(9)10;/h2*7H,3-6H2,1-2H3,(H,9,10);/q;;+2/p-2. The number of carbonyl (C=O) groups is 2. The summed E-state index contributed by atoms with van der Waals surface area (Å²) in [5.74, 6) is -0.490. The van der Waals surface area contributed by atoms with Crippen LogP contribution >= 0.6 is 0 Å². The summed E-state index contributed by atoms with van der Waals surface area (Å²) in [6, 6.07) is 0. The van der Waals surface area contributed by atoms with Gasteiger partial charge in [-0.3, -0.25) is 0 Å². The zero-order valence-corrected chi connectivity index (χ0v) is 18.6. The Bertz CT molecular complexity index is 227. The summed E-state index contributed by atoms with van der Waals surface area (Å²) in [4.78, 5) is 19.9. The van der Waals surface area contributed by atoms with E-state index in [9.17, 15) is 19.8 Å². The third-order valence-electron chi connectivity index (χ3n) is 2.82. The monoisotopic (exact) mass is 424 g/mol. The SMILES string of the molecule is CC(C)CCCCC(=O)[O-].CC(C)CCCCC(=O)[O-].[Ba+2]. The fourth-order valence-electron chi connectivity index (χ4n) is 1.64. The molecule has 0 spiro atoms. The van der Waals surface area contributed by atoms with E-state index in [2.05, 4.69) is 27.7 Å². The second kappa shape index (κ2) is 18.6. The second-order valence-electron chi connectivity index (χ2n) is 6.02. The fourth-order valence-corrected chi connectivity index (χ4v) is 1.64. The van der Waals surface area contributed by atoms with Gasteiger partial charge in [-0.15, -0.1) is 0 Å². The molecule has 0 aromatic carbocycles. The molecular weight excluding hydrogens is 394 g/mol. The molecule has 0 amide bonds. The molecule has 0 rings (SSSR count). The second-order valence-corrected chi connectivity index (χ2v) is 6.02. The summed E-state index contributed by atoms with van der Waals surface area (Å²) in [6.45, 7) is 8.55. The van der Waals surface area contributed by atoms with E-state index in [1.807, 2.05) is 0 Å². The van der Waals surface area contributed by atoms with Crippen molar-refractivity contribution in [3.8, 4) is 0 Å². The van der Waals surface area contributed by atoms with E-state index in [0.717, 1.165) is 38.5 Å². The zero-order chi connectivity index (χ0) is 16.0. The molecule has 0 aromatic heterocycles. The summed E-state index contributed by atoms with van der Waals surface area (Å²) in [5, 5.41) is 19.9. The molecule has 120 valence electrons. The Morgan fingerprint density at radius 2 is 1.00 bits per heavy atom. The Morgan fingerprint density at radius 3 is 1.19 bits per heavy atom. The molecule has 4 nitrogen and oxygen atoms in total. The van der Waals surface area contributed by atoms with Crippen LogP contribution in [0.25, 0.3) is 0 Å². The van der Waals surface area contributed by atoms with Crippen molar-refractivity contribution in [1.29, 1.82) is 0 Å². The maximum Gasteiger partial charge on any atom is 2.00 e. The Balaban J connectivity index is -0.000000295. The van der Waals surface area contributed by atoms with E-state index in [-0.39, 0.29) is 61.7 Å². The Morgan fingerprint density at radius 1 is 0.714 bits per heavy atom. The average Bonchev–Trinajstić information content (AvgIpc) is 2.30. The maximum atomic E-state index is 9.93. The molecule has 0 fully saturated rings. The largest absolute Gasteiger partial charge is 2.00 e. The number of unbranched alkanes of at least 4 members (excludes halogenated alkanes) is 2. The molecule has 5 heteroatoms. The average molecular weight is 424 g/mol. The van der Waals surface area contributed by atoms with Gasteiger partial charge >= 0.3 is 48.9 Å². The first-order chi connectivity index (χ1) is 9.25. The van der Waals surface area contributed by atoms with Gasteiger partial charge in [-0.05, 0) is 37.5 Å². The van der Waals surface area contributed by atoms with Gasteiger partial charge in [0.25, 0.3) is 0 Å². The zero-order valence-electron chi connectivity index (χ0n) is 14.2. The molecular formula is C16H30BaO4. The Hall–Kier alpha value is 0.511. The van der Waals surface area contributed by atoms with Crippen LogP contribution in [0.2, 0.25) is 0 Å². The van der Waals surface area contributed by atoms with Crippen molar-refractivity contribution >= 4 is 60.8 Å². The third kappa shape index (κ3) is 33.4. The van der Waals surface area contributed by atoms with Crippen LogP contribution in [0, 0.1) is 11.8 Å². The molecule has 0 aliphatic heterocycles. The van der Waals surface area contributed by atoms with Gasteiger partial charge in [-0.2, -0.15) is 0 Å². The number of aliphatic carboxylic acids is 2. The minimum absolute atomic E-state index is 0. The topological polar surface area (TPSA) is 80.3 Å². The van der Waals surface area contributed by atoms with Crippen molar-refractivity contribution in [2.45, 2.75) is 79.1 Å². The normalized spacial score (nSPS) is 9.81. The Labute approximate surface area is 170 Å². The fraction of sp³-hybridized carbons (Fsp3) is 0.875. The number of rotatable bonds is 10. The van der Waals surface area contributed by atoms with Crippen molar-refractivity contribution in [3.05, 3.63) is 0 Å². The smallest absolute Gasteiger partial charge is 0.550 e. The van der Waals surface area contributed by atoms with E-state index in [4.69, 9.17) is 0 Å². The van der Waals surface area contributed by atoms with Crippen molar-refractivity contribution in [3.63, 3.8) is 0 Å². The van der Waals surface area contributed by atoms with Gasteiger partial charge < -0.3 is 19.8 Å². The van der Waals surface area contributed by atoms with Crippen LogP contribution in [0.4, 0.5) is 0 Å². The van der Waals surface area contributed by atoms with Crippen LogP contribution in [0.3, 0.4) is 0 Å². The minimum atomic E-state index is -0.927. The van der Waals surface area contributed by atoms with Crippen molar-refractivity contribution in [2.24, 2.45) is 11.8 Å². The van der Waals surface area contributed by atoms with Crippen molar-refractivity contribution in [1.82, 2.24) is 0 Å². The van der Waals surface area contributed by atoms with Crippen molar-refractivity contribution in [2.75, 3.05) is 0 Å². The maximum absolute atomic E-state index is 9.93. The molecule has 0 atom stereocenters. The van der Waals surface area contributed by atoms with Crippen LogP contribution in [0.1, 0.15) is 79.1 Å². The molecule has 0 saturated carbocycles.